The molecule has 3 heteroatoms. The molecule has 16 heavy (non-hydrogen) atoms. The molecular formula is C13H16O3. The molecule has 0 saturated carbocycles. The lowest BCUT2D eigenvalue weighted by molar-refractivity contribution is 0.150. The Hall–Kier alpha value is -1.48. The van der Waals surface area contributed by atoms with Crippen molar-refractivity contribution in [1.29, 1.82) is 0 Å². The summed E-state index contributed by atoms with van der Waals surface area (Å²) in [6, 6.07) is 5.67. The first-order chi connectivity index (χ1) is 7.57. The van der Waals surface area contributed by atoms with Gasteiger partial charge in [0.25, 0.3) is 0 Å². The van der Waals surface area contributed by atoms with Crippen molar-refractivity contribution < 1.29 is 14.6 Å². The van der Waals surface area contributed by atoms with Crippen LogP contribution in [0, 0.1) is 0 Å². The molecule has 1 aromatic rings. The predicted octanol–water partition coefficient (Wildman–Crippen LogP) is 2.24. The molecular weight excluding hydrogens is 204 g/mol. The van der Waals surface area contributed by atoms with Gasteiger partial charge in [0, 0.05) is 5.56 Å². The fraction of sp³-hybridized carbons (Fsp3) is 0.385. The second-order valence-electron chi connectivity index (χ2n) is 4.37. The lowest BCUT2D eigenvalue weighted by Crippen LogP contribution is -2.29. The Labute approximate surface area is 95.3 Å². The molecule has 1 aromatic carbocycles. The van der Waals surface area contributed by atoms with Crippen molar-refractivity contribution in [3.8, 4) is 11.5 Å². The first-order valence-electron chi connectivity index (χ1n) is 5.26. The van der Waals surface area contributed by atoms with Gasteiger partial charge in [-0.05, 0) is 31.6 Å². The van der Waals surface area contributed by atoms with Crippen LogP contribution in [-0.4, -0.2) is 24.4 Å². The Bertz CT molecular complexity index is 433. The molecule has 0 saturated heterocycles. The molecule has 0 radical (unpaired) electrons. The third-order valence-corrected chi connectivity index (χ3v) is 2.60. The summed E-state index contributed by atoms with van der Waals surface area (Å²) >= 11 is 0. The molecule has 2 rings (SSSR count). The first kappa shape index (κ1) is 11.0. The standard InChI is InChI=1S/C13H16O3/c1-13(2)7-9(8-14)10-5-4-6-11(15-3)12(10)16-13/h4-7,14H,8H2,1-3H3. The maximum absolute atomic E-state index is 9.37. The van der Waals surface area contributed by atoms with Crippen LogP contribution in [0.4, 0.5) is 0 Å². The first-order valence-corrected chi connectivity index (χ1v) is 5.26. The Morgan fingerprint density at radius 3 is 2.75 bits per heavy atom. The van der Waals surface area contributed by atoms with Gasteiger partial charge in [-0.1, -0.05) is 12.1 Å². The summed E-state index contributed by atoms with van der Waals surface area (Å²) < 4.78 is 11.1. The number of ether oxygens (including phenoxy) is 2. The number of fused-ring (bicyclic) bond motifs is 1. The molecule has 0 aromatic heterocycles. The van der Waals surface area contributed by atoms with Gasteiger partial charge in [0.1, 0.15) is 5.60 Å². The van der Waals surface area contributed by atoms with Gasteiger partial charge >= 0.3 is 0 Å². The highest BCUT2D eigenvalue weighted by molar-refractivity contribution is 5.76. The highest BCUT2D eigenvalue weighted by Gasteiger charge is 2.28. The van der Waals surface area contributed by atoms with Crippen LogP contribution in [0.1, 0.15) is 19.4 Å². The molecule has 0 fully saturated rings. The number of hydrogen-bond acceptors (Lipinski definition) is 3. The zero-order valence-electron chi connectivity index (χ0n) is 9.78. The van der Waals surface area contributed by atoms with Crippen molar-refractivity contribution in [3.63, 3.8) is 0 Å². The van der Waals surface area contributed by atoms with Crippen LogP contribution >= 0.6 is 0 Å². The van der Waals surface area contributed by atoms with Gasteiger partial charge in [0.15, 0.2) is 11.5 Å². The molecule has 0 spiro atoms. The van der Waals surface area contributed by atoms with E-state index >= 15 is 0 Å². The average Bonchev–Trinajstić information content (AvgIpc) is 2.26. The van der Waals surface area contributed by atoms with Crippen LogP contribution < -0.4 is 9.47 Å². The summed E-state index contributed by atoms with van der Waals surface area (Å²) in [7, 11) is 1.61. The molecule has 1 N–H and O–H groups in total. The molecule has 1 aliphatic rings. The topological polar surface area (TPSA) is 38.7 Å². The van der Waals surface area contributed by atoms with Gasteiger partial charge in [-0.15, -0.1) is 0 Å². The average molecular weight is 220 g/mol. The van der Waals surface area contributed by atoms with E-state index in [0.717, 1.165) is 11.1 Å². The van der Waals surface area contributed by atoms with Gasteiger partial charge in [0.2, 0.25) is 0 Å². The summed E-state index contributed by atoms with van der Waals surface area (Å²) in [5, 5.41) is 9.37. The lowest BCUT2D eigenvalue weighted by atomic mass is 9.95. The van der Waals surface area contributed by atoms with Crippen molar-refractivity contribution >= 4 is 5.57 Å². The van der Waals surface area contributed by atoms with Crippen molar-refractivity contribution in [2.24, 2.45) is 0 Å². The minimum Gasteiger partial charge on any atom is -0.493 e. The van der Waals surface area contributed by atoms with E-state index in [0.29, 0.717) is 11.5 Å². The van der Waals surface area contributed by atoms with E-state index in [1.807, 2.05) is 38.1 Å². The number of rotatable bonds is 2. The Balaban J connectivity index is 2.59. The quantitative estimate of drug-likeness (QED) is 0.830. The van der Waals surface area contributed by atoms with Crippen LogP contribution in [-0.2, 0) is 0 Å². The third kappa shape index (κ3) is 1.78. The molecule has 3 nitrogen and oxygen atoms in total. The second-order valence-corrected chi connectivity index (χ2v) is 4.37. The fourth-order valence-electron chi connectivity index (χ4n) is 1.96. The minimum absolute atomic E-state index is 0.00690. The minimum atomic E-state index is -0.417. The molecule has 0 amide bonds. The van der Waals surface area contributed by atoms with Crippen molar-refractivity contribution in [2.45, 2.75) is 19.4 Å². The van der Waals surface area contributed by atoms with E-state index in [-0.39, 0.29) is 6.61 Å². The summed E-state index contributed by atoms with van der Waals surface area (Å²) in [6.45, 7) is 3.92. The second kappa shape index (κ2) is 3.83. The van der Waals surface area contributed by atoms with Gasteiger partial charge in [-0.3, -0.25) is 0 Å². The van der Waals surface area contributed by atoms with Crippen LogP contribution in [0.2, 0.25) is 0 Å². The van der Waals surface area contributed by atoms with Crippen molar-refractivity contribution in [1.82, 2.24) is 0 Å². The van der Waals surface area contributed by atoms with Crippen LogP contribution in [0.5, 0.6) is 11.5 Å². The maximum Gasteiger partial charge on any atom is 0.170 e. The number of aliphatic hydroxyl groups excluding tert-OH is 1. The molecule has 1 heterocycles. The Kier molecular flexibility index (Phi) is 2.64. The Morgan fingerprint density at radius 1 is 1.38 bits per heavy atom. The summed E-state index contributed by atoms with van der Waals surface area (Å²) in [5.74, 6) is 1.41. The van der Waals surface area contributed by atoms with E-state index in [1.165, 1.54) is 0 Å². The van der Waals surface area contributed by atoms with Crippen LogP contribution in [0.3, 0.4) is 0 Å². The van der Waals surface area contributed by atoms with Crippen LogP contribution in [0.15, 0.2) is 24.3 Å². The normalized spacial score (nSPS) is 17.1. The smallest absolute Gasteiger partial charge is 0.170 e. The van der Waals surface area contributed by atoms with E-state index in [4.69, 9.17) is 9.47 Å². The molecule has 0 bridgehead atoms. The van der Waals surface area contributed by atoms with Gasteiger partial charge in [-0.2, -0.15) is 0 Å². The van der Waals surface area contributed by atoms with Gasteiger partial charge in [-0.25, -0.2) is 0 Å². The number of benzene rings is 1. The monoisotopic (exact) mass is 220 g/mol. The molecule has 1 aliphatic heterocycles. The largest absolute Gasteiger partial charge is 0.493 e. The highest BCUT2D eigenvalue weighted by atomic mass is 16.5. The van der Waals surface area contributed by atoms with E-state index in [9.17, 15) is 5.11 Å². The summed E-state index contributed by atoms with van der Waals surface area (Å²) in [6.07, 6.45) is 1.94. The molecule has 86 valence electrons. The zero-order valence-corrected chi connectivity index (χ0v) is 9.78. The van der Waals surface area contributed by atoms with Crippen molar-refractivity contribution in [2.75, 3.05) is 13.7 Å². The number of methoxy groups -OCH3 is 1. The van der Waals surface area contributed by atoms with Gasteiger partial charge in [0.05, 0.1) is 13.7 Å². The predicted molar refractivity (Wildman–Crippen MR) is 62.8 cm³/mol. The SMILES string of the molecule is COc1cccc2c1OC(C)(C)C=C2CO. The van der Waals surface area contributed by atoms with E-state index in [1.54, 1.807) is 7.11 Å². The van der Waals surface area contributed by atoms with Crippen molar-refractivity contribution in [3.05, 3.63) is 29.8 Å². The highest BCUT2D eigenvalue weighted by Crippen LogP contribution is 2.41. The molecule has 0 atom stereocenters. The number of hydrogen-bond donors (Lipinski definition) is 1. The summed E-state index contributed by atoms with van der Waals surface area (Å²) in [4.78, 5) is 0. The zero-order chi connectivity index (χ0) is 11.8. The van der Waals surface area contributed by atoms with E-state index in [2.05, 4.69) is 0 Å². The number of para-hydroxylation sites is 1. The molecule has 0 unspecified atom stereocenters. The number of aliphatic hydroxyl groups is 1. The fourth-order valence-corrected chi connectivity index (χ4v) is 1.96. The lowest BCUT2D eigenvalue weighted by Gasteiger charge is -2.31. The van der Waals surface area contributed by atoms with E-state index < -0.39 is 5.60 Å². The summed E-state index contributed by atoms with van der Waals surface area (Å²) in [5.41, 5.74) is 1.37. The third-order valence-electron chi connectivity index (χ3n) is 2.60. The van der Waals surface area contributed by atoms with Gasteiger partial charge < -0.3 is 14.6 Å². The molecule has 0 aliphatic carbocycles. The maximum atomic E-state index is 9.37. The Morgan fingerprint density at radius 2 is 2.12 bits per heavy atom. The van der Waals surface area contributed by atoms with Crippen LogP contribution in [0.25, 0.3) is 5.57 Å².